The van der Waals surface area contributed by atoms with Gasteiger partial charge in [0.2, 0.25) is 0 Å². The van der Waals surface area contributed by atoms with Crippen LogP contribution in [0.3, 0.4) is 0 Å². The summed E-state index contributed by atoms with van der Waals surface area (Å²) in [6, 6.07) is 2.32. The van der Waals surface area contributed by atoms with E-state index in [0.717, 1.165) is 24.4 Å². The van der Waals surface area contributed by atoms with E-state index in [1.54, 1.807) is 6.33 Å². The zero-order chi connectivity index (χ0) is 13.0. The lowest BCUT2D eigenvalue weighted by Gasteiger charge is -2.38. The molecule has 1 aromatic rings. The maximum Gasteiger partial charge on any atom is 0.132 e. The molecular formula is C13H21N3O2. The highest BCUT2D eigenvalue weighted by Gasteiger charge is 2.26. The van der Waals surface area contributed by atoms with Crippen molar-refractivity contribution in [1.82, 2.24) is 9.97 Å². The van der Waals surface area contributed by atoms with E-state index in [-0.39, 0.29) is 18.8 Å². The average molecular weight is 251 g/mol. The molecule has 2 atom stereocenters. The first-order valence-corrected chi connectivity index (χ1v) is 6.54. The maximum atomic E-state index is 9.20. The lowest BCUT2D eigenvalue weighted by molar-refractivity contribution is -0.0105. The summed E-state index contributed by atoms with van der Waals surface area (Å²) in [4.78, 5) is 10.8. The van der Waals surface area contributed by atoms with Crippen LogP contribution in [0.25, 0.3) is 0 Å². The summed E-state index contributed by atoms with van der Waals surface area (Å²) < 4.78 is 5.53. The van der Waals surface area contributed by atoms with Crippen LogP contribution in [0.15, 0.2) is 12.4 Å². The fourth-order valence-corrected chi connectivity index (χ4v) is 2.18. The van der Waals surface area contributed by atoms with E-state index in [1.165, 1.54) is 0 Å². The zero-order valence-electron chi connectivity index (χ0n) is 11.0. The van der Waals surface area contributed by atoms with Crippen LogP contribution < -0.4 is 4.90 Å². The Morgan fingerprint density at radius 2 is 2.33 bits per heavy atom. The quantitative estimate of drug-likeness (QED) is 0.865. The molecule has 0 radical (unpaired) electrons. The molecule has 0 saturated carbocycles. The summed E-state index contributed by atoms with van der Waals surface area (Å²) in [5.41, 5.74) is 1.07. The summed E-state index contributed by atoms with van der Waals surface area (Å²) in [5.74, 6) is 0.933. The highest BCUT2D eigenvalue weighted by Crippen LogP contribution is 2.20. The van der Waals surface area contributed by atoms with E-state index in [4.69, 9.17) is 4.74 Å². The molecule has 2 heterocycles. The molecule has 0 spiro atoms. The highest BCUT2D eigenvalue weighted by atomic mass is 16.5. The summed E-state index contributed by atoms with van der Waals surface area (Å²) in [5, 5.41) is 9.20. The van der Waals surface area contributed by atoms with Crippen molar-refractivity contribution in [3.63, 3.8) is 0 Å². The monoisotopic (exact) mass is 251 g/mol. The molecule has 18 heavy (non-hydrogen) atoms. The predicted octanol–water partition coefficient (Wildman–Crippen LogP) is 1.02. The van der Waals surface area contributed by atoms with Gasteiger partial charge in [-0.2, -0.15) is 0 Å². The van der Waals surface area contributed by atoms with E-state index >= 15 is 0 Å². The van der Waals surface area contributed by atoms with Gasteiger partial charge in [-0.05, 0) is 13.3 Å². The first-order valence-electron chi connectivity index (χ1n) is 6.54. The average Bonchev–Trinajstić information content (AvgIpc) is 2.40. The maximum absolute atomic E-state index is 9.20. The molecule has 2 rings (SSSR count). The number of hydrogen-bond donors (Lipinski definition) is 1. The summed E-state index contributed by atoms with van der Waals surface area (Å²) in [6.07, 6.45) is 3.55. The number of nitrogens with zero attached hydrogens (tertiary/aromatic N) is 3. The van der Waals surface area contributed by atoms with Crippen LogP contribution in [0, 0.1) is 0 Å². The smallest absolute Gasteiger partial charge is 0.132 e. The topological polar surface area (TPSA) is 58.5 Å². The van der Waals surface area contributed by atoms with Crippen molar-refractivity contribution < 1.29 is 9.84 Å². The van der Waals surface area contributed by atoms with Gasteiger partial charge < -0.3 is 14.7 Å². The molecule has 0 aromatic carbocycles. The zero-order valence-corrected chi connectivity index (χ0v) is 11.0. The van der Waals surface area contributed by atoms with Gasteiger partial charge in [-0.1, -0.05) is 13.3 Å². The minimum atomic E-state index is -0.120. The Hall–Kier alpha value is -1.20. The van der Waals surface area contributed by atoms with E-state index < -0.39 is 0 Å². The largest absolute Gasteiger partial charge is 0.394 e. The van der Waals surface area contributed by atoms with Crippen molar-refractivity contribution in [3.8, 4) is 0 Å². The Morgan fingerprint density at radius 3 is 3.06 bits per heavy atom. The van der Waals surface area contributed by atoms with Gasteiger partial charge in [0.15, 0.2) is 0 Å². The number of aryl methyl sites for hydroxylation is 1. The Kier molecular flexibility index (Phi) is 4.49. The number of rotatable bonds is 4. The predicted molar refractivity (Wildman–Crippen MR) is 69.7 cm³/mol. The number of morpholine rings is 1. The number of hydrogen-bond acceptors (Lipinski definition) is 5. The van der Waals surface area contributed by atoms with Gasteiger partial charge in [0.05, 0.1) is 25.4 Å². The molecular weight excluding hydrogens is 230 g/mol. The van der Waals surface area contributed by atoms with Crippen molar-refractivity contribution in [2.24, 2.45) is 0 Å². The molecule has 0 bridgehead atoms. The van der Waals surface area contributed by atoms with Crippen molar-refractivity contribution in [2.45, 2.75) is 38.8 Å². The third-order valence-corrected chi connectivity index (χ3v) is 3.22. The molecule has 5 nitrogen and oxygen atoms in total. The third-order valence-electron chi connectivity index (χ3n) is 3.22. The van der Waals surface area contributed by atoms with Crippen LogP contribution in [-0.4, -0.2) is 47.0 Å². The summed E-state index contributed by atoms with van der Waals surface area (Å²) >= 11 is 0. The number of aliphatic hydroxyl groups is 1. The minimum Gasteiger partial charge on any atom is -0.394 e. The lowest BCUT2D eigenvalue weighted by Crippen LogP contribution is -2.50. The Balaban J connectivity index is 2.15. The van der Waals surface area contributed by atoms with Crippen LogP contribution in [0.1, 0.15) is 26.0 Å². The normalized spacial score (nSPS) is 24.3. The second kappa shape index (κ2) is 6.11. The van der Waals surface area contributed by atoms with Gasteiger partial charge in [0.25, 0.3) is 0 Å². The van der Waals surface area contributed by atoms with Crippen molar-refractivity contribution in [2.75, 3.05) is 24.7 Å². The highest BCUT2D eigenvalue weighted by molar-refractivity contribution is 5.41. The molecule has 100 valence electrons. The van der Waals surface area contributed by atoms with E-state index in [1.807, 2.05) is 6.07 Å². The molecule has 1 saturated heterocycles. The van der Waals surface area contributed by atoms with Crippen molar-refractivity contribution in [1.29, 1.82) is 0 Å². The molecule has 0 aliphatic carbocycles. The molecule has 1 aromatic heterocycles. The van der Waals surface area contributed by atoms with Gasteiger partial charge in [-0.15, -0.1) is 0 Å². The van der Waals surface area contributed by atoms with Gasteiger partial charge in [0, 0.05) is 18.3 Å². The Labute approximate surface area is 108 Å². The van der Waals surface area contributed by atoms with Gasteiger partial charge in [-0.25, -0.2) is 9.97 Å². The van der Waals surface area contributed by atoms with Crippen LogP contribution in [0.2, 0.25) is 0 Å². The lowest BCUT2D eigenvalue weighted by atomic mass is 10.2. The van der Waals surface area contributed by atoms with Crippen LogP contribution in [0.5, 0.6) is 0 Å². The van der Waals surface area contributed by atoms with E-state index in [2.05, 4.69) is 28.7 Å². The second-order valence-corrected chi connectivity index (χ2v) is 4.76. The Bertz CT molecular complexity index is 386. The van der Waals surface area contributed by atoms with E-state index in [0.29, 0.717) is 13.2 Å². The summed E-state index contributed by atoms with van der Waals surface area (Å²) in [7, 11) is 0. The molecule has 1 aliphatic heterocycles. The van der Waals surface area contributed by atoms with Gasteiger partial charge in [0.1, 0.15) is 12.1 Å². The second-order valence-electron chi connectivity index (χ2n) is 4.76. The molecule has 5 heteroatoms. The third kappa shape index (κ3) is 2.97. The van der Waals surface area contributed by atoms with Crippen molar-refractivity contribution >= 4 is 5.82 Å². The number of aromatic nitrogens is 2. The fourth-order valence-electron chi connectivity index (χ4n) is 2.18. The molecule has 2 unspecified atom stereocenters. The van der Waals surface area contributed by atoms with Gasteiger partial charge in [-0.3, -0.25) is 0 Å². The van der Waals surface area contributed by atoms with Crippen LogP contribution in [0.4, 0.5) is 5.82 Å². The van der Waals surface area contributed by atoms with Gasteiger partial charge >= 0.3 is 0 Å². The minimum absolute atomic E-state index is 0.0517. The number of ether oxygens (including phenoxy) is 1. The molecule has 1 N–H and O–H groups in total. The van der Waals surface area contributed by atoms with Crippen molar-refractivity contribution in [3.05, 3.63) is 18.1 Å². The first-order chi connectivity index (χ1) is 8.74. The summed E-state index contributed by atoms with van der Waals surface area (Å²) in [6.45, 7) is 5.60. The molecule has 1 aliphatic rings. The standard InChI is InChI=1S/C13H21N3O2/c1-3-4-11-5-13(15-9-14-11)16-6-12(7-17)18-8-10(16)2/h5,9-10,12,17H,3-4,6-8H2,1-2H3. The number of anilines is 1. The van der Waals surface area contributed by atoms with Crippen LogP contribution in [-0.2, 0) is 11.2 Å². The molecule has 0 amide bonds. The number of aliphatic hydroxyl groups excluding tert-OH is 1. The Morgan fingerprint density at radius 1 is 1.50 bits per heavy atom. The van der Waals surface area contributed by atoms with Crippen LogP contribution >= 0.6 is 0 Å². The van der Waals surface area contributed by atoms with E-state index in [9.17, 15) is 5.11 Å². The fraction of sp³-hybridized carbons (Fsp3) is 0.692. The first kappa shape index (κ1) is 13.2. The SMILES string of the molecule is CCCc1cc(N2CC(CO)OCC2C)ncn1. The molecule has 1 fully saturated rings.